The van der Waals surface area contributed by atoms with Crippen LogP contribution in [0.4, 0.5) is 17.1 Å². The highest BCUT2D eigenvalue weighted by molar-refractivity contribution is 6.30. The van der Waals surface area contributed by atoms with Crippen molar-refractivity contribution in [3.8, 4) is 0 Å². The van der Waals surface area contributed by atoms with Crippen LogP contribution in [-0.2, 0) is 0 Å². The molecule has 138 valence electrons. The Balaban J connectivity index is 1.89. The van der Waals surface area contributed by atoms with Crippen molar-refractivity contribution in [1.82, 2.24) is 20.2 Å². The maximum Gasteiger partial charge on any atom is 0.300 e. The number of non-ortho nitro benzene ring substituents is 1. The van der Waals surface area contributed by atoms with Gasteiger partial charge in [-0.3, -0.25) is 24.8 Å². The molecule has 1 atom stereocenters. The van der Waals surface area contributed by atoms with Gasteiger partial charge in [-0.1, -0.05) is 23.7 Å². The minimum absolute atomic E-state index is 0.0673. The Morgan fingerprint density at radius 2 is 1.67 bits per heavy atom. The molecule has 2 N–H and O–H groups in total. The molecule has 3 rings (SSSR count). The fraction of sp³-hybridized carbons (Fsp3) is 0.0667. The minimum Gasteiger partial charge on any atom is -0.313 e. The Kier molecular flexibility index (Phi) is 5.24. The first-order valence-corrected chi connectivity index (χ1v) is 7.87. The molecule has 0 spiro atoms. The molecule has 0 aliphatic rings. The van der Waals surface area contributed by atoms with Crippen LogP contribution in [0.25, 0.3) is 0 Å². The molecule has 0 amide bonds. The normalized spacial score (nSPS) is 11.7. The number of anilines is 1. The molecular weight excluding hydrogens is 378 g/mol. The van der Waals surface area contributed by atoms with E-state index in [0.717, 1.165) is 11.6 Å². The largest absolute Gasteiger partial charge is 0.313 e. The molecule has 12 heteroatoms. The van der Waals surface area contributed by atoms with Gasteiger partial charge in [0.2, 0.25) is 0 Å². The van der Waals surface area contributed by atoms with E-state index in [-0.39, 0.29) is 11.4 Å². The second-order valence-corrected chi connectivity index (χ2v) is 5.78. The second-order valence-electron chi connectivity index (χ2n) is 5.35. The van der Waals surface area contributed by atoms with Gasteiger partial charge in [0, 0.05) is 11.1 Å². The lowest BCUT2D eigenvalue weighted by Gasteiger charge is -2.21. The molecule has 11 nitrogen and oxygen atoms in total. The Hall–Kier alpha value is -3.57. The molecule has 0 bridgehead atoms. The van der Waals surface area contributed by atoms with E-state index in [9.17, 15) is 20.2 Å². The Bertz CT molecular complexity index is 963. The van der Waals surface area contributed by atoms with Crippen molar-refractivity contribution in [2.75, 3.05) is 5.43 Å². The predicted molar refractivity (Wildman–Crippen MR) is 96.1 cm³/mol. The molecule has 0 aliphatic carbocycles. The number of rotatable bonds is 7. The molecule has 1 aromatic heterocycles. The van der Waals surface area contributed by atoms with E-state index in [1.54, 1.807) is 28.8 Å². The zero-order valence-electron chi connectivity index (χ0n) is 13.5. The van der Waals surface area contributed by atoms with Gasteiger partial charge in [-0.05, 0) is 23.8 Å². The smallest absolute Gasteiger partial charge is 0.300 e. The van der Waals surface area contributed by atoms with Crippen LogP contribution in [0.15, 0.2) is 55.1 Å². The summed E-state index contributed by atoms with van der Waals surface area (Å²) in [6.45, 7) is 0. The highest BCUT2D eigenvalue weighted by atomic mass is 35.5. The summed E-state index contributed by atoms with van der Waals surface area (Å²) < 4.78 is 1.63. The Morgan fingerprint density at radius 3 is 2.26 bits per heavy atom. The molecule has 0 radical (unpaired) electrons. The monoisotopic (exact) mass is 389 g/mol. The van der Waals surface area contributed by atoms with Crippen LogP contribution in [0.1, 0.15) is 11.7 Å². The lowest BCUT2D eigenvalue weighted by atomic mass is 10.2. The Morgan fingerprint density at radius 1 is 1.00 bits per heavy atom. The number of nitro benzene ring substituents is 2. The molecule has 27 heavy (non-hydrogen) atoms. The summed E-state index contributed by atoms with van der Waals surface area (Å²) in [6, 6.07) is 10.3. The van der Waals surface area contributed by atoms with Gasteiger partial charge in [-0.15, -0.1) is 10.2 Å². The number of aromatic nitrogens is 3. The van der Waals surface area contributed by atoms with Crippen molar-refractivity contribution in [2.45, 2.75) is 6.17 Å². The summed E-state index contributed by atoms with van der Waals surface area (Å²) >= 11 is 5.91. The SMILES string of the molecule is O=[N+]([O-])c1ccc(NNC(c2ccc(Cl)cc2)n2cnnc2)c([N+](=O)[O-])c1. The summed E-state index contributed by atoms with van der Waals surface area (Å²) in [5.74, 6) is 0. The van der Waals surface area contributed by atoms with Crippen LogP contribution in [0.3, 0.4) is 0 Å². The van der Waals surface area contributed by atoms with Gasteiger partial charge < -0.3 is 5.43 Å². The van der Waals surface area contributed by atoms with Crippen LogP contribution in [-0.4, -0.2) is 24.6 Å². The number of nitro groups is 2. The van der Waals surface area contributed by atoms with Gasteiger partial charge in [0.05, 0.1) is 15.9 Å². The highest BCUT2D eigenvalue weighted by Gasteiger charge is 2.21. The van der Waals surface area contributed by atoms with Crippen molar-refractivity contribution >= 4 is 28.7 Å². The molecule has 0 fully saturated rings. The summed E-state index contributed by atoms with van der Waals surface area (Å²) in [5.41, 5.74) is 5.70. The number of hydrazine groups is 1. The van der Waals surface area contributed by atoms with Crippen molar-refractivity contribution < 1.29 is 9.85 Å². The maximum absolute atomic E-state index is 11.3. The van der Waals surface area contributed by atoms with E-state index in [0.29, 0.717) is 5.02 Å². The Labute approximate surface area is 156 Å². The third kappa shape index (κ3) is 4.16. The number of halogens is 1. The molecular formula is C15H12ClN7O4. The second kappa shape index (κ2) is 7.76. The van der Waals surface area contributed by atoms with Crippen LogP contribution in [0, 0.1) is 20.2 Å². The van der Waals surface area contributed by atoms with Crippen molar-refractivity contribution in [3.05, 3.63) is 85.9 Å². The molecule has 1 heterocycles. The summed E-state index contributed by atoms with van der Waals surface area (Å²) in [4.78, 5) is 20.7. The minimum atomic E-state index is -0.701. The van der Waals surface area contributed by atoms with Gasteiger partial charge in [-0.2, -0.15) is 0 Å². The number of nitrogens with zero attached hydrogens (tertiary/aromatic N) is 5. The summed E-state index contributed by atoms with van der Waals surface area (Å²) in [6.07, 6.45) is 2.42. The van der Waals surface area contributed by atoms with E-state index in [4.69, 9.17) is 11.6 Å². The maximum atomic E-state index is 11.3. The molecule has 0 saturated heterocycles. The first-order valence-electron chi connectivity index (χ1n) is 7.49. The van der Waals surface area contributed by atoms with Crippen LogP contribution >= 0.6 is 11.6 Å². The van der Waals surface area contributed by atoms with E-state index < -0.39 is 21.7 Å². The molecule has 0 saturated carbocycles. The number of hydrogen-bond acceptors (Lipinski definition) is 8. The average molecular weight is 390 g/mol. The summed E-state index contributed by atoms with van der Waals surface area (Å²) in [5, 5.41) is 30.2. The quantitative estimate of drug-likeness (QED) is 0.464. The zero-order chi connectivity index (χ0) is 19.4. The van der Waals surface area contributed by atoms with Gasteiger partial charge in [0.15, 0.2) is 0 Å². The fourth-order valence-corrected chi connectivity index (χ4v) is 2.48. The first-order chi connectivity index (χ1) is 13.0. The van der Waals surface area contributed by atoms with E-state index >= 15 is 0 Å². The molecule has 1 unspecified atom stereocenters. The standard InChI is InChI=1S/C15H12ClN7O4/c16-11-3-1-10(2-4-11)15(21-8-17-18-9-21)20-19-13-6-5-12(22(24)25)7-14(13)23(26)27/h1-9,15,19-20H. The molecule has 0 aliphatic heterocycles. The van der Waals surface area contributed by atoms with Gasteiger partial charge in [0.1, 0.15) is 24.5 Å². The van der Waals surface area contributed by atoms with Crippen LogP contribution in [0.5, 0.6) is 0 Å². The topological polar surface area (TPSA) is 141 Å². The van der Waals surface area contributed by atoms with Gasteiger partial charge in [-0.25, -0.2) is 5.43 Å². The van der Waals surface area contributed by atoms with E-state index in [1.165, 1.54) is 24.8 Å². The van der Waals surface area contributed by atoms with E-state index in [1.807, 2.05) is 0 Å². The fourth-order valence-electron chi connectivity index (χ4n) is 2.35. The van der Waals surface area contributed by atoms with Crippen LogP contribution in [0.2, 0.25) is 5.02 Å². The lowest BCUT2D eigenvalue weighted by Crippen LogP contribution is -2.32. The van der Waals surface area contributed by atoms with Crippen LogP contribution < -0.4 is 10.9 Å². The highest BCUT2D eigenvalue weighted by Crippen LogP contribution is 2.29. The van der Waals surface area contributed by atoms with Crippen molar-refractivity contribution in [2.24, 2.45) is 0 Å². The number of nitrogens with one attached hydrogen (secondary N) is 2. The number of benzene rings is 2. The third-order valence-electron chi connectivity index (χ3n) is 3.65. The van der Waals surface area contributed by atoms with Gasteiger partial charge in [0.25, 0.3) is 5.69 Å². The number of hydrogen-bond donors (Lipinski definition) is 2. The first kappa shape index (κ1) is 18.2. The zero-order valence-corrected chi connectivity index (χ0v) is 14.3. The van der Waals surface area contributed by atoms with Crippen molar-refractivity contribution in [1.29, 1.82) is 0 Å². The van der Waals surface area contributed by atoms with Gasteiger partial charge >= 0.3 is 5.69 Å². The van der Waals surface area contributed by atoms with Crippen molar-refractivity contribution in [3.63, 3.8) is 0 Å². The third-order valence-corrected chi connectivity index (χ3v) is 3.90. The van der Waals surface area contributed by atoms with E-state index in [2.05, 4.69) is 21.0 Å². The molecule has 3 aromatic rings. The average Bonchev–Trinajstić information content (AvgIpc) is 3.17. The summed E-state index contributed by atoms with van der Waals surface area (Å²) in [7, 11) is 0. The lowest BCUT2D eigenvalue weighted by molar-refractivity contribution is -0.393. The predicted octanol–water partition coefficient (Wildman–Crippen LogP) is 2.91. The molecule has 2 aromatic carbocycles.